The third-order valence-electron chi connectivity index (χ3n) is 5.48. The number of hydrogen-bond donors (Lipinski definition) is 1. The molecule has 1 aromatic carbocycles. The second-order valence-electron chi connectivity index (χ2n) is 8.17. The molecule has 0 bridgehead atoms. The van der Waals surface area contributed by atoms with Gasteiger partial charge in [-0.05, 0) is 30.5 Å². The Labute approximate surface area is 178 Å². The van der Waals surface area contributed by atoms with Gasteiger partial charge in [-0.3, -0.25) is 13.9 Å². The van der Waals surface area contributed by atoms with Crippen LogP contribution in [-0.4, -0.2) is 28.5 Å². The van der Waals surface area contributed by atoms with Crippen molar-refractivity contribution >= 4 is 11.8 Å². The Morgan fingerprint density at radius 1 is 1.19 bits per heavy atom. The normalized spacial score (nSPS) is 16.9. The minimum atomic E-state index is -0.740. The molecule has 3 heterocycles. The van der Waals surface area contributed by atoms with Gasteiger partial charge in [0.25, 0.3) is 5.56 Å². The van der Waals surface area contributed by atoms with Gasteiger partial charge in [-0.1, -0.05) is 19.9 Å². The van der Waals surface area contributed by atoms with Crippen molar-refractivity contribution in [1.82, 2.24) is 9.13 Å². The van der Waals surface area contributed by atoms with Gasteiger partial charge < -0.3 is 19.5 Å². The highest BCUT2D eigenvalue weighted by atomic mass is 16.7. The van der Waals surface area contributed by atoms with E-state index in [1.54, 1.807) is 32.2 Å². The maximum atomic E-state index is 13.2. The summed E-state index contributed by atoms with van der Waals surface area (Å²) in [7, 11) is 3.00. The lowest BCUT2D eigenvalue weighted by Crippen LogP contribution is -2.43. The Kier molecular flexibility index (Phi) is 5.12. The second-order valence-corrected chi connectivity index (χ2v) is 8.17. The molecule has 4 rings (SSSR count). The van der Waals surface area contributed by atoms with Crippen LogP contribution in [0.5, 0.6) is 11.5 Å². The number of benzene rings is 1. The standard InChI is InChI=1S/C22H25N3O6/c1-11(2)9-29-21(27)16-12(3)23-19-18(20(26)25(5)22(28)24(19)4)17(16)13-6-7-14-15(8-13)31-10-30-14/h6-8,11,17,23H,9-10H2,1-5H3/t17-/m0/s1. The van der Waals surface area contributed by atoms with Crippen molar-refractivity contribution in [3.63, 3.8) is 0 Å². The lowest BCUT2D eigenvalue weighted by atomic mass is 9.82. The van der Waals surface area contributed by atoms with Crippen molar-refractivity contribution in [3.8, 4) is 11.5 Å². The first-order chi connectivity index (χ1) is 14.7. The zero-order valence-corrected chi connectivity index (χ0v) is 18.1. The summed E-state index contributed by atoms with van der Waals surface area (Å²) in [4.78, 5) is 38.9. The molecule has 0 aliphatic carbocycles. The van der Waals surface area contributed by atoms with Gasteiger partial charge in [0.2, 0.25) is 6.79 Å². The fraction of sp³-hybridized carbons (Fsp3) is 0.409. The van der Waals surface area contributed by atoms with Gasteiger partial charge in [0.15, 0.2) is 11.5 Å². The molecule has 1 aromatic heterocycles. The van der Waals surface area contributed by atoms with Crippen LogP contribution in [0, 0.1) is 5.92 Å². The minimum Gasteiger partial charge on any atom is -0.462 e. The van der Waals surface area contributed by atoms with Crippen molar-refractivity contribution in [3.05, 3.63) is 61.4 Å². The number of nitrogens with one attached hydrogen (secondary N) is 1. The molecule has 1 atom stereocenters. The van der Waals surface area contributed by atoms with Gasteiger partial charge in [-0.15, -0.1) is 0 Å². The summed E-state index contributed by atoms with van der Waals surface area (Å²) < 4.78 is 18.8. The highest BCUT2D eigenvalue weighted by Gasteiger charge is 2.38. The van der Waals surface area contributed by atoms with E-state index in [1.165, 1.54) is 11.6 Å². The van der Waals surface area contributed by atoms with E-state index in [-0.39, 0.29) is 19.3 Å². The highest BCUT2D eigenvalue weighted by Crippen LogP contribution is 2.43. The van der Waals surface area contributed by atoms with Crippen LogP contribution in [0.25, 0.3) is 0 Å². The van der Waals surface area contributed by atoms with Crippen LogP contribution >= 0.6 is 0 Å². The fourth-order valence-electron chi connectivity index (χ4n) is 3.90. The number of ether oxygens (including phenoxy) is 3. The average Bonchev–Trinajstić information content (AvgIpc) is 3.21. The largest absolute Gasteiger partial charge is 0.462 e. The molecular weight excluding hydrogens is 402 g/mol. The lowest BCUT2D eigenvalue weighted by Gasteiger charge is -2.31. The van der Waals surface area contributed by atoms with Crippen LogP contribution in [0.3, 0.4) is 0 Å². The van der Waals surface area contributed by atoms with E-state index in [0.29, 0.717) is 39.7 Å². The first-order valence-corrected chi connectivity index (χ1v) is 10.0. The maximum absolute atomic E-state index is 13.2. The summed E-state index contributed by atoms with van der Waals surface area (Å²) in [5.41, 5.74) is 0.869. The summed E-state index contributed by atoms with van der Waals surface area (Å²) in [5, 5.41) is 3.08. The Balaban J connectivity index is 1.95. The molecule has 1 N–H and O–H groups in total. The highest BCUT2D eigenvalue weighted by molar-refractivity contribution is 5.94. The molecular formula is C22H25N3O6. The van der Waals surface area contributed by atoms with Crippen LogP contribution in [0.2, 0.25) is 0 Å². The average molecular weight is 427 g/mol. The van der Waals surface area contributed by atoms with Crippen LogP contribution in [0.15, 0.2) is 39.1 Å². The Hall–Kier alpha value is -3.49. The molecule has 9 heteroatoms. The third-order valence-corrected chi connectivity index (χ3v) is 5.48. The summed E-state index contributed by atoms with van der Waals surface area (Å²) in [5.74, 6) is 0.390. The first-order valence-electron chi connectivity index (χ1n) is 10.0. The van der Waals surface area contributed by atoms with Crippen LogP contribution in [-0.2, 0) is 23.6 Å². The van der Waals surface area contributed by atoms with Crippen molar-refractivity contribution in [2.45, 2.75) is 26.7 Å². The summed E-state index contributed by atoms with van der Waals surface area (Å²) >= 11 is 0. The monoisotopic (exact) mass is 427 g/mol. The smallest absolute Gasteiger partial charge is 0.336 e. The summed E-state index contributed by atoms with van der Waals surface area (Å²) in [6, 6.07) is 5.30. The molecule has 2 aliphatic heterocycles. The van der Waals surface area contributed by atoms with Gasteiger partial charge >= 0.3 is 11.7 Å². The predicted octanol–water partition coefficient (Wildman–Crippen LogP) is 1.84. The van der Waals surface area contributed by atoms with Crippen molar-refractivity contribution in [2.24, 2.45) is 20.0 Å². The number of carbonyl (C=O) groups excluding carboxylic acids is 1. The molecule has 0 saturated carbocycles. The number of allylic oxidation sites excluding steroid dienone is 1. The molecule has 31 heavy (non-hydrogen) atoms. The molecule has 0 amide bonds. The molecule has 0 unspecified atom stereocenters. The number of aromatic nitrogens is 2. The molecule has 0 spiro atoms. The lowest BCUT2D eigenvalue weighted by molar-refractivity contribution is -0.140. The van der Waals surface area contributed by atoms with E-state index >= 15 is 0 Å². The molecule has 0 saturated heterocycles. The number of esters is 1. The fourth-order valence-corrected chi connectivity index (χ4v) is 3.90. The van der Waals surface area contributed by atoms with Crippen molar-refractivity contribution < 1.29 is 19.0 Å². The molecule has 2 aromatic rings. The zero-order chi connectivity index (χ0) is 22.4. The number of rotatable bonds is 4. The van der Waals surface area contributed by atoms with Crippen LogP contribution in [0.1, 0.15) is 37.8 Å². The first kappa shape index (κ1) is 20.8. The topological polar surface area (TPSA) is 101 Å². The van der Waals surface area contributed by atoms with Gasteiger partial charge in [-0.2, -0.15) is 0 Å². The summed E-state index contributed by atoms with van der Waals surface area (Å²) in [6.07, 6.45) is 0. The number of hydrogen-bond acceptors (Lipinski definition) is 7. The summed E-state index contributed by atoms with van der Waals surface area (Å²) in [6.45, 7) is 5.99. The van der Waals surface area contributed by atoms with E-state index in [1.807, 2.05) is 13.8 Å². The second kappa shape index (κ2) is 7.64. The van der Waals surface area contributed by atoms with Gasteiger partial charge in [0, 0.05) is 19.8 Å². The maximum Gasteiger partial charge on any atom is 0.336 e. The third kappa shape index (κ3) is 3.39. The Morgan fingerprint density at radius 3 is 2.61 bits per heavy atom. The van der Waals surface area contributed by atoms with E-state index < -0.39 is 23.1 Å². The molecule has 0 radical (unpaired) electrons. The number of nitrogens with zero attached hydrogens (tertiary/aromatic N) is 2. The molecule has 9 nitrogen and oxygen atoms in total. The van der Waals surface area contributed by atoms with E-state index in [9.17, 15) is 14.4 Å². The van der Waals surface area contributed by atoms with Crippen molar-refractivity contribution in [2.75, 3.05) is 18.7 Å². The number of carbonyl (C=O) groups is 1. The van der Waals surface area contributed by atoms with E-state index in [4.69, 9.17) is 14.2 Å². The van der Waals surface area contributed by atoms with Crippen LogP contribution in [0.4, 0.5) is 5.82 Å². The van der Waals surface area contributed by atoms with Gasteiger partial charge in [0.05, 0.1) is 23.7 Å². The molecule has 0 fully saturated rings. The quantitative estimate of drug-likeness (QED) is 0.743. The van der Waals surface area contributed by atoms with Gasteiger partial charge in [-0.25, -0.2) is 9.59 Å². The number of fused-ring (bicyclic) bond motifs is 2. The van der Waals surface area contributed by atoms with Crippen molar-refractivity contribution in [1.29, 1.82) is 0 Å². The minimum absolute atomic E-state index is 0.107. The predicted molar refractivity (Wildman–Crippen MR) is 113 cm³/mol. The Bertz CT molecular complexity index is 1220. The van der Waals surface area contributed by atoms with E-state index in [0.717, 1.165) is 4.57 Å². The number of anilines is 1. The Morgan fingerprint density at radius 2 is 1.90 bits per heavy atom. The molecule has 164 valence electrons. The van der Waals surface area contributed by atoms with E-state index in [2.05, 4.69) is 5.32 Å². The molecule has 2 aliphatic rings. The zero-order valence-electron chi connectivity index (χ0n) is 18.1. The SMILES string of the molecule is CC1=C(C(=O)OCC(C)C)[C@H](c2ccc3c(c2)OCO3)c2c(n(C)c(=O)n(C)c2=O)N1. The van der Waals surface area contributed by atoms with Crippen LogP contribution < -0.4 is 26.0 Å². The van der Waals surface area contributed by atoms with Gasteiger partial charge in [0.1, 0.15) is 5.82 Å².